The normalized spacial score (nSPS) is 17.5. The van der Waals surface area contributed by atoms with Crippen molar-refractivity contribution in [2.75, 3.05) is 11.9 Å². The highest BCUT2D eigenvalue weighted by Gasteiger charge is 2.32. The largest absolute Gasteiger partial charge is 0.352 e. The van der Waals surface area contributed by atoms with E-state index >= 15 is 0 Å². The average Bonchev–Trinajstić information content (AvgIpc) is 3.17. The molecule has 2 nitrogen and oxygen atoms in total. The van der Waals surface area contributed by atoms with E-state index in [0.29, 0.717) is 0 Å². The van der Waals surface area contributed by atoms with Crippen LogP contribution in [0.1, 0.15) is 19.4 Å². The van der Waals surface area contributed by atoms with Crippen LogP contribution in [0, 0.1) is 0 Å². The predicted molar refractivity (Wildman–Crippen MR) is 118 cm³/mol. The standard InChI is InChI=1S/C24H22N2S/c1-16-24(25(3)17(2)26(16)19-9-5-4-6-10-19)18-13-14-23-21(15-18)20-11-7-8-12-22(20)27-23/h4-15,17H,1-3H3. The highest BCUT2D eigenvalue weighted by atomic mass is 32.1. The molecule has 0 saturated heterocycles. The van der Waals surface area contributed by atoms with E-state index in [4.69, 9.17) is 0 Å². The average molecular weight is 371 g/mol. The van der Waals surface area contributed by atoms with Crippen LogP contribution in [-0.2, 0) is 0 Å². The minimum atomic E-state index is 0.289. The Bertz CT molecular complexity index is 1170. The molecule has 2 heterocycles. The SMILES string of the molecule is CC1=C(c2ccc3sc4ccccc4c3c2)N(C)C(C)N1c1ccccc1. The van der Waals surface area contributed by atoms with Crippen LogP contribution in [0.2, 0.25) is 0 Å². The van der Waals surface area contributed by atoms with Gasteiger partial charge in [-0.15, -0.1) is 11.3 Å². The number of nitrogens with zero attached hydrogens (tertiary/aromatic N) is 2. The molecule has 27 heavy (non-hydrogen) atoms. The molecule has 0 radical (unpaired) electrons. The van der Waals surface area contributed by atoms with Gasteiger partial charge in [-0.1, -0.05) is 42.5 Å². The van der Waals surface area contributed by atoms with Crippen molar-refractivity contribution in [1.29, 1.82) is 0 Å². The molecule has 4 aromatic rings. The summed E-state index contributed by atoms with van der Waals surface area (Å²) in [5.74, 6) is 0. The molecule has 1 atom stereocenters. The lowest BCUT2D eigenvalue weighted by Gasteiger charge is -2.29. The Morgan fingerprint density at radius 2 is 1.52 bits per heavy atom. The summed E-state index contributed by atoms with van der Waals surface area (Å²) < 4.78 is 2.71. The maximum Gasteiger partial charge on any atom is 0.103 e. The maximum absolute atomic E-state index is 2.42. The Balaban J connectivity index is 1.68. The third kappa shape index (κ3) is 2.46. The first-order valence-electron chi connectivity index (χ1n) is 9.35. The van der Waals surface area contributed by atoms with E-state index in [1.54, 1.807) is 0 Å². The molecular weight excluding hydrogens is 348 g/mol. The number of hydrogen-bond acceptors (Lipinski definition) is 3. The summed E-state index contributed by atoms with van der Waals surface area (Å²) in [6.45, 7) is 4.50. The summed E-state index contributed by atoms with van der Waals surface area (Å²) in [5, 5.41) is 2.71. The van der Waals surface area contributed by atoms with Gasteiger partial charge in [0.05, 0.1) is 5.70 Å². The molecule has 0 aliphatic carbocycles. The van der Waals surface area contributed by atoms with E-state index in [0.717, 1.165) is 0 Å². The molecular formula is C24H22N2S. The third-order valence-corrected chi connectivity index (χ3v) is 6.83. The van der Waals surface area contributed by atoms with Gasteiger partial charge in [-0.2, -0.15) is 0 Å². The fraction of sp³-hybridized carbons (Fsp3) is 0.167. The molecule has 134 valence electrons. The lowest BCUT2D eigenvalue weighted by Crippen LogP contribution is -2.35. The van der Waals surface area contributed by atoms with E-state index in [1.165, 1.54) is 42.8 Å². The topological polar surface area (TPSA) is 6.48 Å². The molecule has 0 fully saturated rings. The number of fused-ring (bicyclic) bond motifs is 3. The van der Waals surface area contributed by atoms with Crippen LogP contribution in [0.15, 0.2) is 78.5 Å². The van der Waals surface area contributed by atoms with Crippen molar-refractivity contribution in [3.63, 3.8) is 0 Å². The number of anilines is 1. The maximum atomic E-state index is 2.42. The van der Waals surface area contributed by atoms with E-state index in [-0.39, 0.29) is 6.17 Å². The Hall–Kier alpha value is -2.78. The van der Waals surface area contributed by atoms with Gasteiger partial charge >= 0.3 is 0 Å². The van der Waals surface area contributed by atoms with Crippen LogP contribution in [0.25, 0.3) is 25.9 Å². The van der Waals surface area contributed by atoms with Crippen molar-refractivity contribution in [1.82, 2.24) is 4.90 Å². The van der Waals surface area contributed by atoms with Crippen LogP contribution in [0.4, 0.5) is 5.69 Å². The van der Waals surface area contributed by atoms with Gasteiger partial charge in [0.25, 0.3) is 0 Å². The number of hydrogen-bond donors (Lipinski definition) is 0. The summed E-state index contributed by atoms with van der Waals surface area (Å²) >= 11 is 1.87. The van der Waals surface area contributed by atoms with Crippen LogP contribution in [0.5, 0.6) is 0 Å². The number of benzene rings is 3. The van der Waals surface area contributed by atoms with Crippen molar-refractivity contribution in [3.05, 3.63) is 84.1 Å². The van der Waals surface area contributed by atoms with Gasteiger partial charge in [-0.05, 0) is 44.2 Å². The second kappa shape index (κ2) is 6.14. The highest BCUT2D eigenvalue weighted by Crippen LogP contribution is 2.40. The van der Waals surface area contributed by atoms with Crippen molar-refractivity contribution >= 4 is 42.9 Å². The molecule has 0 spiro atoms. The Morgan fingerprint density at radius 1 is 0.815 bits per heavy atom. The monoisotopic (exact) mass is 370 g/mol. The van der Waals surface area contributed by atoms with E-state index < -0.39 is 0 Å². The minimum absolute atomic E-state index is 0.289. The van der Waals surface area contributed by atoms with Gasteiger partial charge in [-0.25, -0.2) is 0 Å². The molecule has 5 rings (SSSR count). The van der Waals surface area contributed by atoms with Gasteiger partial charge in [-0.3, -0.25) is 0 Å². The highest BCUT2D eigenvalue weighted by molar-refractivity contribution is 7.25. The van der Waals surface area contributed by atoms with Crippen molar-refractivity contribution in [2.24, 2.45) is 0 Å². The molecule has 0 amide bonds. The molecule has 0 saturated carbocycles. The first-order chi connectivity index (χ1) is 13.1. The summed E-state index contributed by atoms with van der Waals surface area (Å²) in [7, 11) is 2.20. The number of rotatable bonds is 2. The number of thiophene rings is 1. The molecule has 1 unspecified atom stereocenters. The molecule has 1 aliphatic heterocycles. The lowest BCUT2D eigenvalue weighted by molar-refractivity contribution is 0.398. The zero-order valence-electron chi connectivity index (χ0n) is 15.8. The quantitative estimate of drug-likeness (QED) is 0.395. The van der Waals surface area contributed by atoms with Crippen LogP contribution < -0.4 is 4.90 Å². The Morgan fingerprint density at radius 3 is 2.33 bits per heavy atom. The molecule has 1 aromatic heterocycles. The molecule has 1 aliphatic rings. The van der Waals surface area contributed by atoms with Crippen molar-refractivity contribution in [2.45, 2.75) is 20.0 Å². The second-order valence-corrected chi connectivity index (χ2v) is 8.28. The van der Waals surface area contributed by atoms with E-state index in [9.17, 15) is 0 Å². The van der Waals surface area contributed by atoms with Crippen molar-refractivity contribution < 1.29 is 0 Å². The molecule has 3 heteroatoms. The molecule has 3 aromatic carbocycles. The lowest BCUT2D eigenvalue weighted by atomic mass is 10.1. The zero-order valence-corrected chi connectivity index (χ0v) is 16.6. The first kappa shape index (κ1) is 16.4. The fourth-order valence-corrected chi connectivity index (χ4v) is 5.38. The van der Waals surface area contributed by atoms with E-state index in [2.05, 4.69) is 103 Å². The third-order valence-electron chi connectivity index (χ3n) is 5.68. The summed E-state index contributed by atoms with van der Waals surface area (Å²) in [6.07, 6.45) is 0.289. The summed E-state index contributed by atoms with van der Waals surface area (Å²) in [5.41, 5.74) is 5.14. The van der Waals surface area contributed by atoms with Gasteiger partial charge in [0, 0.05) is 44.2 Å². The second-order valence-electron chi connectivity index (χ2n) is 7.19. The predicted octanol–water partition coefficient (Wildman–Crippen LogP) is 6.54. The Kier molecular flexibility index (Phi) is 3.73. The first-order valence-corrected chi connectivity index (χ1v) is 10.2. The Labute approximate surface area is 164 Å². The summed E-state index contributed by atoms with van der Waals surface area (Å²) in [6, 6.07) is 26.3. The minimum Gasteiger partial charge on any atom is -0.352 e. The summed E-state index contributed by atoms with van der Waals surface area (Å²) in [4.78, 5) is 4.81. The van der Waals surface area contributed by atoms with Gasteiger partial charge in [0.15, 0.2) is 0 Å². The smallest absolute Gasteiger partial charge is 0.103 e. The van der Waals surface area contributed by atoms with Gasteiger partial charge < -0.3 is 9.80 Å². The number of para-hydroxylation sites is 1. The van der Waals surface area contributed by atoms with E-state index in [1.807, 2.05) is 11.3 Å². The van der Waals surface area contributed by atoms with Gasteiger partial charge in [0.1, 0.15) is 6.17 Å². The fourth-order valence-electron chi connectivity index (χ4n) is 4.29. The zero-order chi connectivity index (χ0) is 18.5. The molecule has 0 N–H and O–H groups in total. The van der Waals surface area contributed by atoms with Crippen LogP contribution in [-0.4, -0.2) is 18.1 Å². The van der Waals surface area contributed by atoms with Crippen LogP contribution in [0.3, 0.4) is 0 Å². The van der Waals surface area contributed by atoms with Crippen LogP contribution >= 0.6 is 11.3 Å². The number of allylic oxidation sites excluding steroid dienone is 1. The van der Waals surface area contributed by atoms with Crippen molar-refractivity contribution in [3.8, 4) is 0 Å². The molecule has 0 bridgehead atoms. The van der Waals surface area contributed by atoms with Gasteiger partial charge in [0.2, 0.25) is 0 Å².